The van der Waals surface area contributed by atoms with Crippen LogP contribution in [0.5, 0.6) is 0 Å². The lowest BCUT2D eigenvalue weighted by Gasteiger charge is -2.22. The van der Waals surface area contributed by atoms with Crippen LogP contribution in [0.2, 0.25) is 5.02 Å². The molecule has 2 saturated heterocycles. The summed E-state index contributed by atoms with van der Waals surface area (Å²) in [5.41, 5.74) is 7.48. The predicted octanol–water partition coefficient (Wildman–Crippen LogP) is 2.65. The molecule has 2 aliphatic rings. The van der Waals surface area contributed by atoms with Crippen molar-refractivity contribution in [3.8, 4) is 0 Å². The molecule has 2 fully saturated rings. The lowest BCUT2D eigenvalue weighted by molar-refractivity contribution is 0.102. The number of nitrogens with one attached hydrogen (secondary N) is 1. The molecule has 2 heterocycles. The van der Waals surface area contributed by atoms with Gasteiger partial charge in [0.15, 0.2) is 0 Å². The summed E-state index contributed by atoms with van der Waals surface area (Å²) in [4.78, 5) is 0. The van der Waals surface area contributed by atoms with E-state index in [-0.39, 0.29) is 0 Å². The smallest absolute Gasteiger partial charge is 0.0781 e. The van der Waals surface area contributed by atoms with E-state index >= 15 is 0 Å². The second-order valence-electron chi connectivity index (χ2n) is 4.56. The molecule has 3 N–H and O–H groups in total. The minimum Gasteiger partial charge on any atom is -0.396 e. The molecule has 1 aromatic carbocycles. The first-order chi connectivity index (χ1) is 7.74. The molecule has 2 bridgehead atoms. The van der Waals surface area contributed by atoms with Gasteiger partial charge in [0.05, 0.1) is 34.6 Å². The van der Waals surface area contributed by atoms with Crippen molar-refractivity contribution < 1.29 is 4.74 Å². The van der Waals surface area contributed by atoms with Gasteiger partial charge in [0.2, 0.25) is 0 Å². The van der Waals surface area contributed by atoms with Crippen LogP contribution in [0.3, 0.4) is 0 Å². The molecular formula is C12H15ClN2O. The van der Waals surface area contributed by atoms with E-state index < -0.39 is 0 Å². The van der Waals surface area contributed by atoms with Crippen LogP contribution in [0.15, 0.2) is 18.2 Å². The predicted molar refractivity (Wildman–Crippen MR) is 65.8 cm³/mol. The molecular weight excluding hydrogens is 224 g/mol. The number of para-hydroxylation sites is 1. The number of nitrogen functional groups attached to an aromatic ring is 1. The summed E-state index contributed by atoms with van der Waals surface area (Å²) in [6.07, 6.45) is 4.24. The van der Waals surface area contributed by atoms with E-state index in [0.717, 1.165) is 18.5 Å². The van der Waals surface area contributed by atoms with Crippen LogP contribution in [-0.2, 0) is 4.74 Å². The second-order valence-corrected chi connectivity index (χ2v) is 4.97. The Morgan fingerprint density at radius 2 is 2.25 bits per heavy atom. The summed E-state index contributed by atoms with van der Waals surface area (Å²) in [6.45, 7) is 0. The Morgan fingerprint density at radius 1 is 1.38 bits per heavy atom. The van der Waals surface area contributed by atoms with Crippen molar-refractivity contribution in [3.05, 3.63) is 23.2 Å². The van der Waals surface area contributed by atoms with Gasteiger partial charge in [-0.15, -0.1) is 0 Å². The number of hydrogen-bond acceptors (Lipinski definition) is 3. The average Bonchev–Trinajstić information content (AvgIpc) is 2.86. The van der Waals surface area contributed by atoms with E-state index in [1.165, 1.54) is 6.42 Å². The number of fused-ring (bicyclic) bond motifs is 2. The Morgan fingerprint density at radius 3 is 2.94 bits per heavy atom. The summed E-state index contributed by atoms with van der Waals surface area (Å²) in [6, 6.07) is 6.07. The summed E-state index contributed by atoms with van der Waals surface area (Å²) in [5, 5.41) is 4.05. The summed E-state index contributed by atoms with van der Waals surface area (Å²) >= 11 is 5.98. The van der Waals surface area contributed by atoms with Crippen LogP contribution in [0.1, 0.15) is 19.3 Å². The summed E-state index contributed by atoms with van der Waals surface area (Å²) in [7, 11) is 0. The van der Waals surface area contributed by atoms with E-state index in [2.05, 4.69) is 5.32 Å². The van der Waals surface area contributed by atoms with Crippen LogP contribution in [-0.4, -0.2) is 18.2 Å². The van der Waals surface area contributed by atoms with Crippen LogP contribution in [0.25, 0.3) is 0 Å². The first-order valence-electron chi connectivity index (χ1n) is 5.70. The SMILES string of the molecule is Nc1c(Cl)cccc1NC1CC2CCC1O2. The van der Waals surface area contributed by atoms with Crippen molar-refractivity contribution in [1.29, 1.82) is 0 Å². The number of rotatable bonds is 2. The van der Waals surface area contributed by atoms with Gasteiger partial charge in [0.25, 0.3) is 0 Å². The molecule has 0 aliphatic carbocycles. The number of hydrogen-bond donors (Lipinski definition) is 2. The van der Waals surface area contributed by atoms with Gasteiger partial charge in [-0.1, -0.05) is 17.7 Å². The first kappa shape index (κ1) is 10.2. The third-order valence-electron chi connectivity index (χ3n) is 3.50. The van der Waals surface area contributed by atoms with E-state index in [1.54, 1.807) is 6.07 Å². The van der Waals surface area contributed by atoms with Crippen molar-refractivity contribution in [2.24, 2.45) is 0 Å². The van der Waals surface area contributed by atoms with Crippen LogP contribution in [0, 0.1) is 0 Å². The zero-order chi connectivity index (χ0) is 11.1. The molecule has 0 aromatic heterocycles. The van der Waals surface area contributed by atoms with Crippen LogP contribution < -0.4 is 11.1 Å². The van der Waals surface area contributed by atoms with Gasteiger partial charge in [0.1, 0.15) is 0 Å². The van der Waals surface area contributed by atoms with Crippen molar-refractivity contribution in [2.45, 2.75) is 37.5 Å². The molecule has 3 unspecified atom stereocenters. The largest absolute Gasteiger partial charge is 0.396 e. The van der Waals surface area contributed by atoms with Gasteiger partial charge >= 0.3 is 0 Å². The molecule has 86 valence electrons. The third kappa shape index (κ3) is 1.64. The molecule has 0 radical (unpaired) electrons. The summed E-state index contributed by atoms with van der Waals surface area (Å²) in [5.74, 6) is 0. The maximum absolute atomic E-state index is 5.98. The third-order valence-corrected chi connectivity index (χ3v) is 3.83. The fourth-order valence-corrected chi connectivity index (χ4v) is 2.83. The second kappa shape index (κ2) is 3.82. The van der Waals surface area contributed by atoms with Gasteiger partial charge < -0.3 is 15.8 Å². The minimum atomic E-state index is 0.350. The van der Waals surface area contributed by atoms with E-state index in [1.807, 2.05) is 12.1 Å². The number of anilines is 2. The van der Waals surface area contributed by atoms with E-state index in [9.17, 15) is 0 Å². The van der Waals surface area contributed by atoms with Gasteiger partial charge in [0, 0.05) is 0 Å². The molecule has 4 heteroatoms. The molecule has 3 nitrogen and oxygen atoms in total. The van der Waals surface area contributed by atoms with Crippen molar-refractivity contribution in [3.63, 3.8) is 0 Å². The Hall–Kier alpha value is -0.930. The highest BCUT2D eigenvalue weighted by Crippen LogP contribution is 2.37. The lowest BCUT2D eigenvalue weighted by Crippen LogP contribution is -2.30. The van der Waals surface area contributed by atoms with Crippen molar-refractivity contribution in [2.75, 3.05) is 11.1 Å². The lowest BCUT2D eigenvalue weighted by atomic mass is 9.95. The van der Waals surface area contributed by atoms with Crippen LogP contribution in [0.4, 0.5) is 11.4 Å². The zero-order valence-corrected chi connectivity index (χ0v) is 9.70. The van der Waals surface area contributed by atoms with E-state index in [4.69, 9.17) is 22.1 Å². The van der Waals surface area contributed by atoms with Crippen LogP contribution >= 0.6 is 11.6 Å². The first-order valence-corrected chi connectivity index (χ1v) is 6.08. The molecule has 2 aliphatic heterocycles. The topological polar surface area (TPSA) is 47.3 Å². The van der Waals surface area contributed by atoms with E-state index in [0.29, 0.717) is 29.0 Å². The highest BCUT2D eigenvalue weighted by molar-refractivity contribution is 6.33. The standard InChI is InChI=1S/C12H15ClN2O/c13-8-2-1-3-9(12(8)14)15-10-6-7-4-5-11(10)16-7/h1-3,7,10-11,15H,4-6,14H2. The molecule has 3 rings (SSSR count). The monoisotopic (exact) mass is 238 g/mol. The fourth-order valence-electron chi connectivity index (χ4n) is 2.65. The molecule has 16 heavy (non-hydrogen) atoms. The maximum atomic E-state index is 5.98. The van der Waals surface area contributed by atoms with Gasteiger partial charge in [-0.05, 0) is 31.4 Å². The summed E-state index contributed by atoms with van der Waals surface area (Å²) < 4.78 is 5.79. The molecule has 0 saturated carbocycles. The van der Waals surface area contributed by atoms with Gasteiger partial charge in [-0.25, -0.2) is 0 Å². The van der Waals surface area contributed by atoms with Gasteiger partial charge in [-0.2, -0.15) is 0 Å². The Bertz CT molecular complexity index is 410. The maximum Gasteiger partial charge on any atom is 0.0781 e. The average molecular weight is 239 g/mol. The van der Waals surface area contributed by atoms with Gasteiger partial charge in [-0.3, -0.25) is 0 Å². The quantitative estimate of drug-likeness (QED) is 0.779. The zero-order valence-electron chi connectivity index (χ0n) is 8.95. The highest BCUT2D eigenvalue weighted by Gasteiger charge is 2.40. The molecule has 0 spiro atoms. The Kier molecular flexibility index (Phi) is 2.45. The minimum absolute atomic E-state index is 0.350. The number of ether oxygens (including phenoxy) is 1. The molecule has 1 aromatic rings. The van der Waals surface area contributed by atoms with Crippen molar-refractivity contribution >= 4 is 23.0 Å². The molecule has 3 atom stereocenters. The fraction of sp³-hybridized carbons (Fsp3) is 0.500. The number of nitrogens with two attached hydrogens (primary N) is 1. The normalized spacial score (nSPS) is 31.9. The highest BCUT2D eigenvalue weighted by atomic mass is 35.5. The Balaban J connectivity index is 1.77. The van der Waals surface area contributed by atoms with Crippen molar-refractivity contribution in [1.82, 2.24) is 0 Å². The number of halogens is 1. The Labute approximate surface area is 99.9 Å². The molecule has 0 amide bonds. The number of benzene rings is 1.